The van der Waals surface area contributed by atoms with Gasteiger partial charge in [0.05, 0.1) is 11.9 Å². The molecule has 0 aliphatic heterocycles. The van der Waals surface area contributed by atoms with Gasteiger partial charge in [-0.05, 0) is 49.7 Å². The van der Waals surface area contributed by atoms with Crippen LogP contribution >= 0.6 is 0 Å². The Morgan fingerprint density at radius 2 is 1.93 bits per heavy atom. The maximum atomic E-state index is 10.9. The number of anilines is 1. The summed E-state index contributed by atoms with van der Waals surface area (Å²) in [5, 5.41) is 15.3. The predicted octanol–water partition coefficient (Wildman–Crippen LogP) is 3.97. The van der Waals surface area contributed by atoms with E-state index in [9.17, 15) is 5.11 Å². The number of aromatic hydroxyl groups is 1. The molecule has 1 atom stereocenters. The van der Waals surface area contributed by atoms with Gasteiger partial charge in [-0.15, -0.1) is 0 Å². The third-order valence-electron chi connectivity index (χ3n) is 4.55. The molecule has 0 radical (unpaired) electrons. The van der Waals surface area contributed by atoms with Crippen LogP contribution in [0, 0.1) is 13.8 Å². The van der Waals surface area contributed by atoms with E-state index in [2.05, 4.69) is 20.3 Å². The van der Waals surface area contributed by atoms with E-state index < -0.39 is 0 Å². The van der Waals surface area contributed by atoms with Crippen LogP contribution in [0.25, 0.3) is 10.9 Å². The Morgan fingerprint density at radius 3 is 2.74 bits per heavy atom. The number of phenolic OH excluding ortho intramolecular Hbond substituents is 1. The second-order valence-corrected chi connectivity index (χ2v) is 6.64. The van der Waals surface area contributed by atoms with E-state index in [1.807, 2.05) is 74.6 Å². The van der Waals surface area contributed by atoms with Gasteiger partial charge in [-0.25, -0.2) is 4.98 Å². The molecule has 0 amide bonds. The zero-order chi connectivity index (χ0) is 18.8. The summed E-state index contributed by atoms with van der Waals surface area (Å²) in [7, 11) is 0. The number of hydrogen-bond acceptors (Lipinski definition) is 4. The number of rotatable bonds is 4. The van der Waals surface area contributed by atoms with Crippen molar-refractivity contribution < 1.29 is 10.1 Å². The molecule has 3 N–H and O–H groups in total. The average molecular weight is 357 g/mol. The van der Waals surface area contributed by atoms with Gasteiger partial charge in [0.15, 0.2) is 6.04 Å². The van der Waals surface area contributed by atoms with E-state index in [0.717, 1.165) is 33.7 Å². The fraction of sp³-hybridized carbons (Fsp3) is 0.136. The molecule has 1 aromatic carbocycles. The lowest BCUT2D eigenvalue weighted by atomic mass is 9.99. The highest BCUT2D eigenvalue weighted by Crippen LogP contribution is 2.35. The number of aromatic nitrogens is 3. The lowest BCUT2D eigenvalue weighted by Crippen LogP contribution is -2.20. The number of fused-ring (bicyclic) bond motifs is 1. The molecule has 5 nitrogen and oxygen atoms in total. The van der Waals surface area contributed by atoms with Crippen molar-refractivity contribution in [3.05, 3.63) is 89.5 Å². The van der Waals surface area contributed by atoms with Crippen molar-refractivity contribution in [2.45, 2.75) is 19.9 Å². The van der Waals surface area contributed by atoms with Crippen LogP contribution in [0.5, 0.6) is 5.75 Å². The van der Waals surface area contributed by atoms with Crippen LogP contribution in [-0.4, -0.2) is 15.1 Å². The van der Waals surface area contributed by atoms with Crippen LogP contribution in [-0.2, 0) is 0 Å². The minimum atomic E-state index is -0.325. The lowest BCUT2D eigenvalue weighted by molar-refractivity contribution is -0.361. The van der Waals surface area contributed by atoms with Gasteiger partial charge in [-0.3, -0.25) is 15.3 Å². The standard InChI is InChI=1S/C22H20N4O/c1-14-10-12-23-19(13-14)26-21(18-7-3-5-15(2)25-18)17-9-8-16-6-4-11-24-20(16)22(17)27/h3-13,21,27H,1-2H3,(H,23,26)/p+1/t21-/m0/s1. The molecule has 0 saturated heterocycles. The molecule has 0 aliphatic rings. The first-order valence-corrected chi connectivity index (χ1v) is 8.87. The first-order valence-electron chi connectivity index (χ1n) is 8.87. The Bertz CT molecular complexity index is 1110. The molecule has 0 aliphatic carbocycles. The van der Waals surface area contributed by atoms with E-state index in [0.29, 0.717) is 5.52 Å². The number of aromatic amines is 1. The summed E-state index contributed by atoms with van der Waals surface area (Å²) in [6, 6.07) is 17.3. The molecule has 0 fully saturated rings. The normalized spacial score (nSPS) is 12.1. The fourth-order valence-corrected chi connectivity index (χ4v) is 3.23. The van der Waals surface area contributed by atoms with Crippen LogP contribution in [0.1, 0.15) is 28.6 Å². The molecule has 0 unspecified atom stereocenters. The van der Waals surface area contributed by atoms with Gasteiger partial charge < -0.3 is 5.11 Å². The predicted molar refractivity (Wildman–Crippen MR) is 106 cm³/mol. The van der Waals surface area contributed by atoms with E-state index in [1.165, 1.54) is 0 Å². The van der Waals surface area contributed by atoms with E-state index in [-0.39, 0.29) is 11.8 Å². The number of pyridine rings is 3. The van der Waals surface area contributed by atoms with E-state index >= 15 is 0 Å². The highest BCUT2D eigenvalue weighted by atomic mass is 16.3. The van der Waals surface area contributed by atoms with Crippen LogP contribution < -0.4 is 10.3 Å². The van der Waals surface area contributed by atoms with Crippen LogP contribution in [0.2, 0.25) is 0 Å². The van der Waals surface area contributed by atoms with Crippen molar-refractivity contribution in [1.29, 1.82) is 0 Å². The minimum Gasteiger partial charge on any atom is -0.505 e. The third-order valence-corrected chi connectivity index (χ3v) is 4.55. The van der Waals surface area contributed by atoms with E-state index in [4.69, 9.17) is 0 Å². The first-order chi connectivity index (χ1) is 13.1. The molecule has 4 aromatic rings. The van der Waals surface area contributed by atoms with Crippen molar-refractivity contribution in [3.63, 3.8) is 0 Å². The molecular formula is C22H21N4O+. The topological polar surface area (TPSA) is 72.2 Å². The van der Waals surface area contributed by atoms with E-state index in [1.54, 1.807) is 6.20 Å². The van der Waals surface area contributed by atoms with Gasteiger partial charge in [0.2, 0.25) is 0 Å². The molecule has 4 rings (SSSR count). The van der Waals surface area contributed by atoms with Gasteiger partial charge in [0.1, 0.15) is 11.3 Å². The number of hydrogen-bond donors (Lipinski definition) is 2. The largest absolute Gasteiger partial charge is 0.505 e. The average Bonchev–Trinajstić information content (AvgIpc) is 2.67. The minimum absolute atomic E-state index is 0.168. The Hall–Kier alpha value is -3.47. The monoisotopic (exact) mass is 357 g/mol. The molecule has 0 bridgehead atoms. The summed E-state index contributed by atoms with van der Waals surface area (Å²) in [6.45, 7) is 4.00. The number of nitrogens with one attached hydrogen (secondary N) is 2. The third kappa shape index (κ3) is 3.44. The van der Waals surface area contributed by atoms with Crippen molar-refractivity contribution in [3.8, 4) is 5.75 Å². The van der Waals surface area contributed by atoms with Crippen molar-refractivity contribution in [1.82, 2.24) is 9.97 Å². The van der Waals surface area contributed by atoms with Gasteiger partial charge in [-0.2, -0.15) is 0 Å². The Balaban J connectivity index is 1.86. The molecule has 3 aromatic heterocycles. The summed E-state index contributed by atoms with van der Waals surface area (Å²) in [6.07, 6.45) is 3.58. The Kier molecular flexibility index (Phi) is 4.42. The smallest absolute Gasteiger partial charge is 0.273 e. The number of phenols is 1. The number of H-pyrrole nitrogens is 1. The van der Waals surface area contributed by atoms with Gasteiger partial charge in [0.25, 0.3) is 5.82 Å². The molecular weight excluding hydrogens is 336 g/mol. The molecule has 3 heterocycles. The number of nitrogens with zero attached hydrogens (tertiary/aromatic N) is 2. The first kappa shape index (κ1) is 17.0. The summed E-state index contributed by atoms with van der Waals surface area (Å²) >= 11 is 0. The molecule has 134 valence electrons. The number of aryl methyl sites for hydroxylation is 2. The Morgan fingerprint density at radius 1 is 1.04 bits per heavy atom. The fourth-order valence-electron chi connectivity index (χ4n) is 3.23. The SMILES string of the molecule is Cc1cc[nH+]c(N[C@H](c2cccc(C)n2)c2ccc3cccnc3c2O)c1. The molecule has 0 spiro atoms. The maximum absolute atomic E-state index is 10.9. The van der Waals surface area contributed by atoms with Gasteiger partial charge in [0, 0.05) is 28.9 Å². The second-order valence-electron chi connectivity index (χ2n) is 6.64. The van der Waals surface area contributed by atoms with Crippen LogP contribution in [0.4, 0.5) is 5.82 Å². The summed E-state index contributed by atoms with van der Waals surface area (Å²) in [5.74, 6) is 1.02. The van der Waals surface area contributed by atoms with Crippen molar-refractivity contribution >= 4 is 16.7 Å². The van der Waals surface area contributed by atoms with Crippen LogP contribution in [0.3, 0.4) is 0 Å². The number of benzene rings is 1. The summed E-state index contributed by atoms with van der Waals surface area (Å²) in [4.78, 5) is 12.2. The highest BCUT2D eigenvalue weighted by Gasteiger charge is 2.25. The summed E-state index contributed by atoms with van der Waals surface area (Å²) in [5.41, 5.74) is 4.20. The van der Waals surface area contributed by atoms with Crippen molar-refractivity contribution in [2.24, 2.45) is 0 Å². The second kappa shape index (κ2) is 7.03. The molecule has 27 heavy (non-hydrogen) atoms. The Labute approximate surface area is 157 Å². The van der Waals surface area contributed by atoms with Gasteiger partial charge >= 0.3 is 0 Å². The lowest BCUT2D eigenvalue weighted by Gasteiger charge is -2.17. The van der Waals surface area contributed by atoms with Gasteiger partial charge in [-0.1, -0.05) is 18.2 Å². The summed E-state index contributed by atoms with van der Waals surface area (Å²) < 4.78 is 0. The molecule has 5 heteroatoms. The van der Waals surface area contributed by atoms with Crippen LogP contribution in [0.15, 0.2) is 67.0 Å². The zero-order valence-electron chi connectivity index (χ0n) is 15.3. The molecule has 0 saturated carbocycles. The highest BCUT2D eigenvalue weighted by molar-refractivity contribution is 5.85. The van der Waals surface area contributed by atoms with Crippen molar-refractivity contribution in [2.75, 3.05) is 5.32 Å². The zero-order valence-corrected chi connectivity index (χ0v) is 15.3. The quantitative estimate of drug-likeness (QED) is 0.580. The maximum Gasteiger partial charge on any atom is 0.273 e.